The summed E-state index contributed by atoms with van der Waals surface area (Å²) in [6.07, 6.45) is 8.82. The van der Waals surface area contributed by atoms with Gasteiger partial charge < -0.3 is 4.90 Å². The molecular weight excluding hydrogens is 354 g/mol. The molecule has 4 heteroatoms. The summed E-state index contributed by atoms with van der Waals surface area (Å²) in [6, 6.07) is 7.50. The van der Waals surface area contributed by atoms with Gasteiger partial charge in [0.05, 0.1) is 6.42 Å². The number of amides is 1. The Morgan fingerprint density at radius 2 is 1.52 bits per heavy atom. The number of benzene rings is 1. The number of rotatable bonds is 11. The number of anilines is 1. The Balaban J connectivity index is 2.22. The highest BCUT2D eigenvalue weighted by Crippen LogP contribution is 2.18. The third-order valence-electron chi connectivity index (χ3n) is 4.00. The summed E-state index contributed by atoms with van der Waals surface area (Å²) in [6.45, 7) is 2.21. The molecule has 1 amide bonds. The number of unbranched alkanes of at least 4 members (excludes halogenated alkanes) is 6. The Bertz CT molecular complexity index is 485. The lowest BCUT2D eigenvalue weighted by atomic mass is 10.1. The smallest absolute Gasteiger partial charge is 0.234 e. The molecule has 1 aromatic rings. The highest BCUT2D eigenvalue weighted by Gasteiger charge is 2.15. The first-order valence-corrected chi connectivity index (χ1v) is 9.37. The van der Waals surface area contributed by atoms with Crippen LogP contribution in [-0.2, 0) is 9.59 Å². The van der Waals surface area contributed by atoms with E-state index in [0.29, 0.717) is 6.42 Å². The quantitative estimate of drug-likeness (QED) is 0.374. The van der Waals surface area contributed by atoms with Gasteiger partial charge in [-0.2, -0.15) is 0 Å². The zero-order chi connectivity index (χ0) is 17.1. The largest absolute Gasteiger partial charge is 0.315 e. The van der Waals surface area contributed by atoms with Crippen molar-refractivity contribution in [2.24, 2.45) is 0 Å². The first kappa shape index (κ1) is 19.9. The molecule has 0 unspecified atom stereocenters. The number of Topliss-reactive ketones (excluding diaryl/α,β-unsaturated/α-hetero) is 1. The van der Waals surface area contributed by atoms with Crippen molar-refractivity contribution in [3.8, 4) is 0 Å². The van der Waals surface area contributed by atoms with Crippen LogP contribution in [0.4, 0.5) is 5.69 Å². The predicted octanol–water partition coefficient (Wildman–Crippen LogP) is 5.51. The van der Waals surface area contributed by atoms with Crippen LogP contribution in [0.25, 0.3) is 0 Å². The highest BCUT2D eigenvalue weighted by molar-refractivity contribution is 9.10. The van der Waals surface area contributed by atoms with Gasteiger partial charge in [-0.15, -0.1) is 0 Å². The van der Waals surface area contributed by atoms with Crippen molar-refractivity contribution in [1.29, 1.82) is 0 Å². The molecule has 0 aliphatic rings. The molecule has 0 N–H and O–H groups in total. The Morgan fingerprint density at radius 1 is 0.957 bits per heavy atom. The summed E-state index contributed by atoms with van der Waals surface area (Å²) in [5.41, 5.74) is 0.807. The number of hydrogen-bond donors (Lipinski definition) is 0. The fourth-order valence-corrected chi connectivity index (χ4v) is 2.73. The lowest BCUT2D eigenvalue weighted by Gasteiger charge is -2.17. The molecule has 0 saturated carbocycles. The van der Waals surface area contributed by atoms with E-state index in [-0.39, 0.29) is 18.1 Å². The van der Waals surface area contributed by atoms with Crippen LogP contribution in [-0.4, -0.2) is 18.7 Å². The van der Waals surface area contributed by atoms with E-state index in [9.17, 15) is 9.59 Å². The molecule has 23 heavy (non-hydrogen) atoms. The molecule has 0 bridgehead atoms. The van der Waals surface area contributed by atoms with E-state index in [4.69, 9.17) is 0 Å². The van der Waals surface area contributed by atoms with Crippen molar-refractivity contribution < 1.29 is 9.59 Å². The molecular formula is C19H28BrNO2. The van der Waals surface area contributed by atoms with E-state index < -0.39 is 0 Å². The molecule has 0 atom stereocenters. The molecule has 1 rings (SSSR count). The van der Waals surface area contributed by atoms with Crippen molar-refractivity contribution in [3.63, 3.8) is 0 Å². The second-order valence-electron chi connectivity index (χ2n) is 6.02. The van der Waals surface area contributed by atoms with Crippen LogP contribution in [0.3, 0.4) is 0 Å². The van der Waals surface area contributed by atoms with E-state index in [2.05, 4.69) is 22.9 Å². The zero-order valence-electron chi connectivity index (χ0n) is 14.3. The van der Waals surface area contributed by atoms with Gasteiger partial charge in [0.15, 0.2) is 0 Å². The van der Waals surface area contributed by atoms with Crippen molar-refractivity contribution in [2.45, 2.75) is 64.7 Å². The monoisotopic (exact) mass is 381 g/mol. The van der Waals surface area contributed by atoms with Crippen LogP contribution in [0.5, 0.6) is 0 Å². The zero-order valence-corrected chi connectivity index (χ0v) is 15.9. The van der Waals surface area contributed by atoms with Crippen LogP contribution in [0, 0.1) is 0 Å². The maximum Gasteiger partial charge on any atom is 0.234 e. The minimum atomic E-state index is -0.139. The van der Waals surface area contributed by atoms with Gasteiger partial charge in [-0.3, -0.25) is 9.59 Å². The Hall–Kier alpha value is -1.16. The molecule has 1 aromatic carbocycles. The number of hydrogen-bond acceptors (Lipinski definition) is 2. The first-order chi connectivity index (χ1) is 11.0. The minimum absolute atomic E-state index is 0.00238. The van der Waals surface area contributed by atoms with Gasteiger partial charge in [-0.25, -0.2) is 0 Å². The van der Waals surface area contributed by atoms with Crippen molar-refractivity contribution in [2.75, 3.05) is 11.9 Å². The van der Waals surface area contributed by atoms with E-state index in [0.717, 1.165) is 23.0 Å². The topological polar surface area (TPSA) is 37.4 Å². The summed E-state index contributed by atoms with van der Waals surface area (Å²) in [5.74, 6) is -0.0900. The lowest BCUT2D eigenvalue weighted by Crippen LogP contribution is -2.28. The maximum absolute atomic E-state index is 12.1. The van der Waals surface area contributed by atoms with Crippen molar-refractivity contribution in [1.82, 2.24) is 0 Å². The van der Waals surface area contributed by atoms with Crippen LogP contribution < -0.4 is 4.90 Å². The van der Waals surface area contributed by atoms with Gasteiger partial charge in [0, 0.05) is 23.6 Å². The van der Waals surface area contributed by atoms with Crippen LogP contribution in [0.1, 0.15) is 64.7 Å². The predicted molar refractivity (Wildman–Crippen MR) is 99.8 cm³/mol. The van der Waals surface area contributed by atoms with Crippen molar-refractivity contribution >= 4 is 33.3 Å². The molecule has 3 nitrogen and oxygen atoms in total. The Morgan fingerprint density at radius 3 is 2.13 bits per heavy atom. The molecule has 0 aliphatic carbocycles. The molecule has 0 fully saturated rings. The van der Waals surface area contributed by atoms with Crippen LogP contribution in [0.2, 0.25) is 0 Å². The van der Waals surface area contributed by atoms with Gasteiger partial charge in [-0.1, -0.05) is 61.4 Å². The van der Waals surface area contributed by atoms with Gasteiger partial charge in [0.25, 0.3) is 0 Å². The number of ketones is 1. The minimum Gasteiger partial charge on any atom is -0.315 e. The van der Waals surface area contributed by atoms with Crippen LogP contribution >= 0.6 is 15.9 Å². The summed E-state index contributed by atoms with van der Waals surface area (Å²) < 4.78 is 0.970. The first-order valence-electron chi connectivity index (χ1n) is 8.58. The van der Waals surface area contributed by atoms with Crippen molar-refractivity contribution in [3.05, 3.63) is 28.7 Å². The van der Waals surface area contributed by atoms with E-state index >= 15 is 0 Å². The van der Waals surface area contributed by atoms with E-state index in [1.807, 2.05) is 24.3 Å². The second kappa shape index (κ2) is 11.4. The average Bonchev–Trinajstić information content (AvgIpc) is 2.54. The molecule has 128 valence electrons. The lowest BCUT2D eigenvalue weighted by molar-refractivity contribution is -0.126. The van der Waals surface area contributed by atoms with Gasteiger partial charge in [-0.05, 0) is 30.7 Å². The standard InChI is InChI=1S/C19H28BrNO2/c1-3-4-5-6-7-8-9-10-18(22)15-19(23)21(2)17-13-11-16(20)12-14-17/h11-14H,3-10,15H2,1-2H3. The molecule has 0 heterocycles. The van der Waals surface area contributed by atoms with E-state index in [1.54, 1.807) is 11.9 Å². The Kier molecular flexibility index (Phi) is 9.85. The van der Waals surface area contributed by atoms with Crippen LogP contribution in [0.15, 0.2) is 28.7 Å². The number of nitrogens with zero attached hydrogens (tertiary/aromatic N) is 1. The average molecular weight is 382 g/mol. The molecule has 0 aliphatic heterocycles. The van der Waals surface area contributed by atoms with Gasteiger partial charge >= 0.3 is 0 Å². The summed E-state index contributed by atoms with van der Waals surface area (Å²) in [4.78, 5) is 25.6. The third-order valence-corrected chi connectivity index (χ3v) is 4.52. The summed E-state index contributed by atoms with van der Waals surface area (Å²) in [5, 5.41) is 0. The molecule has 0 aromatic heterocycles. The van der Waals surface area contributed by atoms with Gasteiger partial charge in [0.1, 0.15) is 5.78 Å². The third kappa shape index (κ3) is 8.31. The number of carbonyl (C=O) groups excluding carboxylic acids is 2. The molecule has 0 saturated heterocycles. The summed E-state index contributed by atoms with van der Waals surface area (Å²) >= 11 is 3.37. The fourth-order valence-electron chi connectivity index (χ4n) is 2.46. The number of halogens is 1. The second-order valence-corrected chi connectivity index (χ2v) is 6.93. The fraction of sp³-hybridized carbons (Fsp3) is 0.579. The Labute approximate surface area is 148 Å². The molecule has 0 spiro atoms. The van der Waals surface area contributed by atoms with E-state index in [1.165, 1.54) is 32.1 Å². The maximum atomic E-state index is 12.1. The highest BCUT2D eigenvalue weighted by atomic mass is 79.9. The number of carbonyl (C=O) groups is 2. The summed E-state index contributed by atoms with van der Waals surface area (Å²) in [7, 11) is 1.71. The SMILES string of the molecule is CCCCCCCCCC(=O)CC(=O)N(C)c1ccc(Br)cc1. The molecule has 0 radical (unpaired) electrons. The van der Waals surface area contributed by atoms with Gasteiger partial charge in [0.2, 0.25) is 5.91 Å². The normalized spacial score (nSPS) is 10.6.